The van der Waals surface area contributed by atoms with Gasteiger partial charge in [-0.15, -0.1) is 0 Å². The number of hydrogen-bond donors (Lipinski definition) is 0. The third-order valence-corrected chi connectivity index (χ3v) is 11.7. The Kier molecular flexibility index (Phi) is 7.67. The molecule has 2 aliphatic carbocycles. The summed E-state index contributed by atoms with van der Waals surface area (Å²) >= 11 is 0. The van der Waals surface area contributed by atoms with Gasteiger partial charge in [0.05, 0.1) is 10.9 Å². The first-order chi connectivity index (χ1) is 19.6. The van der Waals surface area contributed by atoms with Crippen LogP contribution >= 0.6 is 0 Å². The van der Waals surface area contributed by atoms with Crippen molar-refractivity contribution in [2.75, 3.05) is 6.54 Å². The smallest absolute Gasteiger partial charge is 0.338 e. The molecule has 2 aromatic carbocycles. The third kappa shape index (κ3) is 4.61. The molecule has 230 valence electrons. The molecule has 4 nitrogen and oxygen atoms in total. The SMILES string of the molecule is O=C(C1CCCCC1)N1CCCC2(S(=O)(=O)c3ccc(F)cc3)c3ccc(C(F)(C(F)(F)F)C(F)(F)F)cc3CCC12. The summed E-state index contributed by atoms with van der Waals surface area (Å²) in [5.41, 5.74) is -7.61. The van der Waals surface area contributed by atoms with Crippen molar-refractivity contribution in [3.8, 4) is 0 Å². The summed E-state index contributed by atoms with van der Waals surface area (Å²) in [6.07, 6.45) is -8.90. The van der Waals surface area contributed by atoms with Crippen LogP contribution in [0.3, 0.4) is 0 Å². The van der Waals surface area contributed by atoms with Gasteiger partial charge in [-0.2, -0.15) is 26.3 Å². The first-order valence-electron chi connectivity index (χ1n) is 13.8. The standard InChI is InChI=1S/C29H29F8NO3S/c30-21-9-11-22(12-10-21)42(40,41)26-15-4-16-38(25(39)18-5-2-1-3-6-18)24(26)14-7-19-17-20(8-13-23(19)26)27(31,28(32,33)34)29(35,36)37/h8-13,17-18,24H,1-7,14-16H2. The molecular weight excluding hydrogens is 594 g/mol. The molecule has 13 heteroatoms. The average Bonchev–Trinajstić information content (AvgIpc) is 2.94. The number of hydrogen-bond acceptors (Lipinski definition) is 3. The fourth-order valence-electron chi connectivity index (χ4n) is 7.13. The molecular formula is C29H29F8NO3S. The molecule has 0 spiro atoms. The molecule has 1 aliphatic heterocycles. The first-order valence-corrected chi connectivity index (χ1v) is 15.3. The van der Waals surface area contributed by atoms with Crippen LogP contribution in [0, 0.1) is 11.7 Å². The Balaban J connectivity index is 1.70. The number of sulfone groups is 1. The van der Waals surface area contributed by atoms with E-state index in [2.05, 4.69) is 0 Å². The number of aryl methyl sites for hydroxylation is 1. The lowest BCUT2D eigenvalue weighted by molar-refractivity contribution is -0.348. The number of carbonyl (C=O) groups is 1. The maximum absolute atomic E-state index is 15.0. The summed E-state index contributed by atoms with van der Waals surface area (Å²) in [5, 5.41) is 0. The van der Waals surface area contributed by atoms with Gasteiger partial charge in [0.15, 0.2) is 9.84 Å². The molecule has 0 bridgehead atoms. The first kappa shape index (κ1) is 30.7. The molecule has 1 saturated heterocycles. The van der Waals surface area contributed by atoms with Crippen LogP contribution in [0.2, 0.25) is 0 Å². The van der Waals surface area contributed by atoms with Crippen LogP contribution in [0.15, 0.2) is 47.4 Å². The molecule has 2 fully saturated rings. The Labute approximate surface area is 238 Å². The van der Waals surface area contributed by atoms with Gasteiger partial charge in [-0.1, -0.05) is 37.5 Å². The number of benzene rings is 2. The van der Waals surface area contributed by atoms with Crippen LogP contribution in [0.25, 0.3) is 0 Å². The largest absolute Gasteiger partial charge is 0.435 e. The Morgan fingerprint density at radius 1 is 0.833 bits per heavy atom. The third-order valence-electron chi connectivity index (χ3n) is 9.13. The Hall–Kier alpha value is -2.70. The van der Waals surface area contributed by atoms with E-state index in [-0.39, 0.29) is 60.1 Å². The average molecular weight is 624 g/mol. The normalized spacial score (nSPS) is 24.2. The fourth-order valence-corrected chi connectivity index (χ4v) is 9.55. The van der Waals surface area contributed by atoms with E-state index >= 15 is 0 Å². The van der Waals surface area contributed by atoms with Gasteiger partial charge in [-0.05, 0) is 73.9 Å². The molecule has 42 heavy (non-hydrogen) atoms. The lowest BCUT2D eigenvalue weighted by atomic mass is 9.72. The van der Waals surface area contributed by atoms with Gasteiger partial charge in [-0.3, -0.25) is 4.79 Å². The van der Waals surface area contributed by atoms with Crippen molar-refractivity contribution >= 4 is 15.7 Å². The number of piperidine rings is 1. The van der Waals surface area contributed by atoms with E-state index in [4.69, 9.17) is 0 Å². The minimum absolute atomic E-state index is 0.0698. The molecule has 5 rings (SSSR count). The molecule has 0 N–H and O–H groups in total. The predicted octanol–water partition coefficient (Wildman–Crippen LogP) is 7.30. The monoisotopic (exact) mass is 623 g/mol. The van der Waals surface area contributed by atoms with E-state index < -0.39 is 50.0 Å². The molecule has 0 radical (unpaired) electrons. The summed E-state index contributed by atoms with van der Waals surface area (Å²) < 4.78 is 137. The van der Waals surface area contributed by atoms with Crippen LogP contribution in [0.5, 0.6) is 0 Å². The van der Waals surface area contributed by atoms with Gasteiger partial charge in [0.1, 0.15) is 10.6 Å². The summed E-state index contributed by atoms with van der Waals surface area (Å²) in [7, 11) is -4.51. The van der Waals surface area contributed by atoms with Gasteiger partial charge < -0.3 is 4.90 Å². The molecule has 2 unspecified atom stereocenters. The Morgan fingerprint density at radius 2 is 1.45 bits per heavy atom. The highest BCUT2D eigenvalue weighted by molar-refractivity contribution is 7.92. The van der Waals surface area contributed by atoms with Crippen molar-refractivity contribution in [2.45, 2.75) is 91.5 Å². The van der Waals surface area contributed by atoms with E-state index in [1.54, 1.807) is 0 Å². The molecule has 1 saturated carbocycles. The molecule has 0 aromatic heterocycles. The second-order valence-electron chi connectivity index (χ2n) is 11.4. The molecule has 3 aliphatic rings. The molecule has 1 amide bonds. The zero-order valence-electron chi connectivity index (χ0n) is 22.4. The number of fused-ring (bicyclic) bond motifs is 3. The van der Waals surface area contributed by atoms with Crippen molar-refractivity contribution in [3.63, 3.8) is 0 Å². The maximum atomic E-state index is 15.0. The van der Waals surface area contributed by atoms with Crippen molar-refractivity contribution in [1.29, 1.82) is 0 Å². The fraction of sp³-hybridized carbons (Fsp3) is 0.552. The van der Waals surface area contributed by atoms with Crippen molar-refractivity contribution < 1.29 is 48.3 Å². The molecule has 1 heterocycles. The van der Waals surface area contributed by atoms with Crippen LogP contribution in [-0.4, -0.2) is 44.2 Å². The zero-order chi connectivity index (χ0) is 30.7. The topological polar surface area (TPSA) is 54.5 Å². The van der Waals surface area contributed by atoms with Gasteiger partial charge in [0, 0.05) is 18.0 Å². The summed E-state index contributed by atoms with van der Waals surface area (Å²) in [6, 6.07) is 4.60. The minimum Gasteiger partial charge on any atom is -0.338 e. The van der Waals surface area contributed by atoms with E-state index in [1.165, 1.54) is 4.90 Å². The summed E-state index contributed by atoms with van der Waals surface area (Å²) in [6.45, 7) is 0.240. The van der Waals surface area contributed by atoms with E-state index in [9.17, 15) is 48.3 Å². The Morgan fingerprint density at radius 3 is 2.05 bits per heavy atom. The highest BCUT2D eigenvalue weighted by atomic mass is 32.2. The number of alkyl halides is 7. The van der Waals surface area contributed by atoms with Crippen LogP contribution in [0.4, 0.5) is 35.1 Å². The lowest BCUT2D eigenvalue weighted by Crippen LogP contribution is -2.62. The predicted molar refractivity (Wildman–Crippen MR) is 136 cm³/mol. The van der Waals surface area contributed by atoms with Crippen molar-refractivity contribution in [3.05, 3.63) is 65.0 Å². The van der Waals surface area contributed by atoms with Gasteiger partial charge in [0.2, 0.25) is 5.91 Å². The number of rotatable bonds is 4. The quantitative estimate of drug-likeness (QED) is 0.265. The molecule has 2 atom stereocenters. The molecule has 2 aromatic rings. The number of nitrogens with zero attached hydrogens (tertiary/aromatic N) is 1. The number of likely N-dealkylation sites (tertiary alicyclic amines) is 1. The van der Waals surface area contributed by atoms with Crippen molar-refractivity contribution in [1.82, 2.24) is 4.90 Å². The van der Waals surface area contributed by atoms with Crippen LogP contribution < -0.4 is 0 Å². The highest BCUT2D eigenvalue weighted by Gasteiger charge is 2.73. The van der Waals surface area contributed by atoms with E-state index in [0.29, 0.717) is 25.0 Å². The summed E-state index contributed by atoms with van der Waals surface area (Å²) in [4.78, 5) is 15.0. The van der Waals surface area contributed by atoms with E-state index in [1.807, 2.05) is 0 Å². The minimum atomic E-state index is -6.33. The number of amides is 1. The van der Waals surface area contributed by atoms with E-state index in [0.717, 1.165) is 49.6 Å². The highest BCUT2D eigenvalue weighted by Crippen LogP contribution is 2.56. The van der Waals surface area contributed by atoms with Gasteiger partial charge in [-0.25, -0.2) is 17.2 Å². The Bertz CT molecular complexity index is 1430. The van der Waals surface area contributed by atoms with Gasteiger partial charge in [0.25, 0.3) is 0 Å². The number of halogens is 8. The zero-order valence-corrected chi connectivity index (χ0v) is 23.2. The van der Waals surface area contributed by atoms with Crippen molar-refractivity contribution in [2.24, 2.45) is 5.92 Å². The number of carbonyl (C=O) groups excluding carboxylic acids is 1. The van der Waals surface area contributed by atoms with Crippen LogP contribution in [-0.2, 0) is 31.5 Å². The second kappa shape index (κ2) is 10.5. The lowest BCUT2D eigenvalue weighted by Gasteiger charge is -2.53. The van der Waals surface area contributed by atoms with Gasteiger partial charge >= 0.3 is 18.0 Å². The van der Waals surface area contributed by atoms with Crippen LogP contribution in [0.1, 0.15) is 68.1 Å². The maximum Gasteiger partial charge on any atom is 0.435 e. The summed E-state index contributed by atoms with van der Waals surface area (Å²) in [5.74, 6) is -1.26. The second-order valence-corrected chi connectivity index (χ2v) is 13.6.